The fourth-order valence-electron chi connectivity index (χ4n) is 2.63. The summed E-state index contributed by atoms with van der Waals surface area (Å²) >= 11 is 11.9. The number of halogens is 2. The van der Waals surface area contributed by atoms with Crippen LogP contribution in [0.5, 0.6) is 0 Å². The van der Waals surface area contributed by atoms with E-state index in [2.05, 4.69) is 10.3 Å². The van der Waals surface area contributed by atoms with E-state index < -0.39 is 21.5 Å². The minimum atomic E-state index is -3.73. The highest BCUT2D eigenvalue weighted by Crippen LogP contribution is 2.25. The molecule has 0 aliphatic carbocycles. The molecule has 28 heavy (non-hydrogen) atoms. The molecule has 1 aromatic heterocycles. The van der Waals surface area contributed by atoms with Gasteiger partial charge in [0.2, 0.25) is 5.91 Å². The number of hydrogen-bond acceptors (Lipinski definition) is 4. The summed E-state index contributed by atoms with van der Waals surface area (Å²) in [7, 11) is -3.73. The molecule has 1 heterocycles. The van der Waals surface area contributed by atoms with Gasteiger partial charge in [0.05, 0.1) is 10.7 Å². The van der Waals surface area contributed by atoms with Gasteiger partial charge < -0.3 is 9.88 Å². The van der Waals surface area contributed by atoms with Crippen LogP contribution in [-0.4, -0.2) is 29.6 Å². The second-order valence-corrected chi connectivity index (χ2v) is 9.07. The van der Waals surface area contributed by atoms with E-state index in [1.807, 2.05) is 30.3 Å². The third kappa shape index (κ3) is 5.58. The van der Waals surface area contributed by atoms with Gasteiger partial charge in [0, 0.05) is 24.0 Å². The van der Waals surface area contributed by atoms with Gasteiger partial charge in [-0.2, -0.15) is 0 Å². The van der Waals surface area contributed by atoms with Crippen LogP contribution >= 0.6 is 23.2 Å². The molecule has 0 radical (unpaired) electrons. The number of carbonyl (C=O) groups is 1. The summed E-state index contributed by atoms with van der Waals surface area (Å²) in [5.41, 5.74) is 1.28. The van der Waals surface area contributed by atoms with Crippen molar-refractivity contribution < 1.29 is 13.2 Å². The zero-order valence-electron chi connectivity index (χ0n) is 14.7. The van der Waals surface area contributed by atoms with Gasteiger partial charge in [0.15, 0.2) is 9.84 Å². The first-order valence-electron chi connectivity index (χ1n) is 8.32. The van der Waals surface area contributed by atoms with Crippen LogP contribution in [0.15, 0.2) is 60.9 Å². The van der Waals surface area contributed by atoms with Crippen LogP contribution < -0.4 is 5.32 Å². The third-order valence-corrected chi connectivity index (χ3v) is 5.86. The molecule has 0 saturated heterocycles. The SMILES string of the molecule is O=C(CS(=O)(=O)Cc1nccn1Cc1ccccc1)Nc1cc(Cl)ccc1Cl. The number of aromatic nitrogens is 2. The number of anilines is 1. The molecular weight excluding hydrogens is 421 g/mol. The zero-order valence-corrected chi connectivity index (χ0v) is 17.0. The molecule has 1 amide bonds. The molecule has 0 saturated carbocycles. The van der Waals surface area contributed by atoms with Crippen LogP contribution in [0.25, 0.3) is 0 Å². The molecule has 2 aromatic carbocycles. The minimum Gasteiger partial charge on any atom is -0.330 e. The van der Waals surface area contributed by atoms with E-state index in [0.717, 1.165) is 5.56 Å². The number of rotatable bonds is 7. The molecule has 3 aromatic rings. The van der Waals surface area contributed by atoms with E-state index in [9.17, 15) is 13.2 Å². The molecule has 0 unspecified atom stereocenters. The lowest BCUT2D eigenvalue weighted by atomic mass is 10.2. The van der Waals surface area contributed by atoms with Crippen LogP contribution in [0.4, 0.5) is 5.69 Å². The van der Waals surface area contributed by atoms with E-state index >= 15 is 0 Å². The lowest BCUT2D eigenvalue weighted by molar-refractivity contribution is -0.113. The van der Waals surface area contributed by atoms with E-state index in [1.54, 1.807) is 23.0 Å². The number of hydrogen-bond donors (Lipinski definition) is 1. The number of nitrogens with zero attached hydrogens (tertiary/aromatic N) is 2. The second-order valence-electron chi connectivity index (χ2n) is 6.16. The van der Waals surface area contributed by atoms with Gasteiger partial charge in [0.1, 0.15) is 17.3 Å². The number of carbonyl (C=O) groups excluding carboxylic acids is 1. The summed E-state index contributed by atoms with van der Waals surface area (Å²) in [4.78, 5) is 16.3. The lowest BCUT2D eigenvalue weighted by Crippen LogP contribution is -2.25. The van der Waals surface area contributed by atoms with E-state index in [0.29, 0.717) is 17.4 Å². The van der Waals surface area contributed by atoms with Crippen molar-refractivity contribution >= 4 is 44.6 Å². The van der Waals surface area contributed by atoms with Crippen LogP contribution in [0.1, 0.15) is 11.4 Å². The average molecular weight is 438 g/mol. The molecule has 0 aliphatic heterocycles. The maximum absolute atomic E-state index is 12.5. The fourth-order valence-corrected chi connectivity index (χ4v) is 4.18. The Bertz CT molecular complexity index is 1080. The smallest absolute Gasteiger partial charge is 0.239 e. The van der Waals surface area contributed by atoms with Gasteiger partial charge >= 0.3 is 0 Å². The Morgan fingerprint density at radius 2 is 1.86 bits per heavy atom. The Morgan fingerprint density at radius 1 is 1.11 bits per heavy atom. The molecule has 0 fully saturated rings. The summed E-state index contributed by atoms with van der Waals surface area (Å²) in [6, 6.07) is 14.2. The molecule has 9 heteroatoms. The topological polar surface area (TPSA) is 81.1 Å². The Morgan fingerprint density at radius 3 is 2.61 bits per heavy atom. The Hall–Kier alpha value is -2.35. The van der Waals surface area contributed by atoms with Crippen LogP contribution in [-0.2, 0) is 26.9 Å². The molecule has 146 valence electrons. The highest BCUT2D eigenvalue weighted by molar-refractivity contribution is 7.91. The third-order valence-electron chi connectivity index (χ3n) is 3.90. The predicted octanol–water partition coefficient (Wildman–Crippen LogP) is 3.79. The van der Waals surface area contributed by atoms with Gasteiger partial charge in [-0.1, -0.05) is 53.5 Å². The zero-order chi connectivity index (χ0) is 20.1. The van der Waals surface area contributed by atoms with Crippen molar-refractivity contribution in [1.29, 1.82) is 0 Å². The monoisotopic (exact) mass is 437 g/mol. The molecule has 3 rings (SSSR count). The first kappa shape index (κ1) is 20.4. The summed E-state index contributed by atoms with van der Waals surface area (Å²) in [5.74, 6) is -1.35. The van der Waals surface area contributed by atoms with Crippen molar-refractivity contribution in [3.05, 3.63) is 82.4 Å². The van der Waals surface area contributed by atoms with Crippen molar-refractivity contribution in [2.75, 3.05) is 11.1 Å². The Labute approximate surface area is 173 Å². The second kappa shape index (κ2) is 8.77. The fraction of sp³-hybridized carbons (Fsp3) is 0.158. The lowest BCUT2D eigenvalue weighted by Gasteiger charge is -2.10. The highest BCUT2D eigenvalue weighted by Gasteiger charge is 2.21. The van der Waals surface area contributed by atoms with Crippen LogP contribution in [0, 0.1) is 0 Å². The maximum atomic E-state index is 12.5. The highest BCUT2D eigenvalue weighted by atomic mass is 35.5. The predicted molar refractivity (Wildman–Crippen MR) is 110 cm³/mol. The average Bonchev–Trinajstić information content (AvgIpc) is 3.04. The number of nitrogens with one attached hydrogen (secondary N) is 1. The van der Waals surface area contributed by atoms with Crippen molar-refractivity contribution in [2.45, 2.75) is 12.3 Å². The summed E-state index contributed by atoms with van der Waals surface area (Å²) in [6.07, 6.45) is 3.25. The number of benzene rings is 2. The standard InChI is InChI=1S/C19H17Cl2N3O3S/c20-15-6-7-16(21)17(10-15)23-19(25)13-28(26,27)12-18-22-8-9-24(18)11-14-4-2-1-3-5-14/h1-10H,11-13H2,(H,23,25). The first-order valence-corrected chi connectivity index (χ1v) is 10.9. The Balaban J connectivity index is 1.67. The summed E-state index contributed by atoms with van der Waals surface area (Å²) in [5, 5.41) is 3.13. The van der Waals surface area contributed by atoms with Crippen molar-refractivity contribution in [3.63, 3.8) is 0 Å². The quantitative estimate of drug-likeness (QED) is 0.609. The van der Waals surface area contributed by atoms with Crippen molar-refractivity contribution in [1.82, 2.24) is 9.55 Å². The van der Waals surface area contributed by atoms with E-state index in [1.165, 1.54) is 12.1 Å². The molecule has 0 spiro atoms. The van der Waals surface area contributed by atoms with Gasteiger partial charge in [-0.15, -0.1) is 0 Å². The molecule has 0 aliphatic rings. The number of imidazole rings is 1. The van der Waals surface area contributed by atoms with Gasteiger partial charge in [0.25, 0.3) is 0 Å². The van der Waals surface area contributed by atoms with Gasteiger partial charge in [-0.3, -0.25) is 4.79 Å². The Kier molecular flexibility index (Phi) is 6.39. The largest absolute Gasteiger partial charge is 0.330 e. The normalized spacial score (nSPS) is 11.4. The van der Waals surface area contributed by atoms with E-state index in [4.69, 9.17) is 23.2 Å². The van der Waals surface area contributed by atoms with Gasteiger partial charge in [-0.05, 0) is 23.8 Å². The molecular formula is C19H17Cl2N3O3S. The molecule has 0 bridgehead atoms. The summed E-state index contributed by atoms with van der Waals surface area (Å²) in [6.45, 7) is 0.496. The minimum absolute atomic E-state index is 0.264. The van der Waals surface area contributed by atoms with Crippen LogP contribution in [0.3, 0.4) is 0 Å². The number of sulfone groups is 1. The summed E-state index contributed by atoms with van der Waals surface area (Å²) < 4.78 is 26.7. The van der Waals surface area contributed by atoms with Crippen molar-refractivity contribution in [2.24, 2.45) is 0 Å². The van der Waals surface area contributed by atoms with Gasteiger partial charge in [-0.25, -0.2) is 13.4 Å². The van der Waals surface area contributed by atoms with Crippen molar-refractivity contribution in [3.8, 4) is 0 Å². The van der Waals surface area contributed by atoms with E-state index in [-0.39, 0.29) is 16.5 Å². The molecule has 0 atom stereocenters. The molecule has 6 nitrogen and oxygen atoms in total. The number of amides is 1. The van der Waals surface area contributed by atoms with Crippen LogP contribution in [0.2, 0.25) is 10.0 Å². The maximum Gasteiger partial charge on any atom is 0.239 e. The molecule has 1 N–H and O–H groups in total. The first-order chi connectivity index (χ1) is 13.3.